The van der Waals surface area contributed by atoms with Crippen molar-refractivity contribution in [3.63, 3.8) is 0 Å². The molecule has 3 aromatic rings. The molecule has 3 heterocycles. The highest BCUT2D eigenvalue weighted by molar-refractivity contribution is 6.35. The van der Waals surface area contributed by atoms with Crippen LogP contribution in [0, 0.1) is 5.82 Å². The van der Waals surface area contributed by atoms with Gasteiger partial charge >= 0.3 is 6.09 Å². The quantitative estimate of drug-likeness (QED) is 0.557. The van der Waals surface area contributed by atoms with Crippen LogP contribution in [0.1, 0.15) is 34.6 Å². The Bertz CT molecular complexity index is 1170. The molecular weight excluding hydrogens is 432 g/mol. The molecule has 2 aromatic heterocycles. The largest absolute Gasteiger partial charge is 0.444 e. The summed E-state index contributed by atoms with van der Waals surface area (Å²) in [6.07, 6.45) is 4.61. The fraction of sp³-hybridized carbons (Fsp3) is 0.400. The normalized spacial score (nSPS) is 18.8. The molecule has 4 rings (SSSR count). The third-order valence-electron chi connectivity index (χ3n) is 5.76. The van der Waals surface area contributed by atoms with Gasteiger partial charge in [-0.1, -0.05) is 5.46 Å². The van der Waals surface area contributed by atoms with E-state index in [0.29, 0.717) is 29.9 Å². The van der Waals surface area contributed by atoms with Crippen molar-refractivity contribution in [2.45, 2.75) is 52.3 Å². The predicted octanol–water partition coefficient (Wildman–Crippen LogP) is 3.70. The molecule has 1 saturated heterocycles. The lowest BCUT2D eigenvalue weighted by Gasteiger charge is -2.45. The van der Waals surface area contributed by atoms with Crippen molar-refractivity contribution in [2.24, 2.45) is 0 Å². The average molecular weight is 461 g/mol. The van der Waals surface area contributed by atoms with Crippen LogP contribution in [0.2, 0.25) is 0 Å². The molecule has 34 heavy (non-hydrogen) atoms. The van der Waals surface area contributed by atoms with Gasteiger partial charge in [-0.3, -0.25) is 9.88 Å². The van der Waals surface area contributed by atoms with E-state index >= 15 is 4.39 Å². The van der Waals surface area contributed by atoms with Gasteiger partial charge in [0.15, 0.2) is 5.82 Å². The highest BCUT2D eigenvalue weighted by Gasteiger charge is 2.35. The van der Waals surface area contributed by atoms with Crippen LogP contribution in [0.4, 0.5) is 14.9 Å². The summed E-state index contributed by atoms with van der Waals surface area (Å²) in [6, 6.07) is 8.50. The Morgan fingerprint density at radius 2 is 1.76 bits per heavy atom. The molecule has 9 heteroatoms. The zero-order valence-corrected chi connectivity index (χ0v) is 20.2. The van der Waals surface area contributed by atoms with E-state index in [-0.39, 0.29) is 18.2 Å². The van der Waals surface area contributed by atoms with E-state index in [4.69, 9.17) is 12.6 Å². The first-order chi connectivity index (χ1) is 16.0. The molecule has 0 aliphatic carbocycles. The van der Waals surface area contributed by atoms with E-state index < -0.39 is 11.4 Å². The van der Waals surface area contributed by atoms with Crippen molar-refractivity contribution in [3.8, 4) is 16.9 Å². The lowest BCUT2D eigenvalue weighted by molar-refractivity contribution is 0.00565. The molecule has 0 saturated carbocycles. The molecule has 1 fully saturated rings. The number of amides is 1. The van der Waals surface area contributed by atoms with Gasteiger partial charge in [0.25, 0.3) is 0 Å². The highest BCUT2D eigenvalue weighted by atomic mass is 19.1. The summed E-state index contributed by atoms with van der Waals surface area (Å²) in [5.41, 5.74) is 2.35. The van der Waals surface area contributed by atoms with Gasteiger partial charge in [-0.25, -0.2) is 13.9 Å². The Hall–Kier alpha value is -3.36. The number of piperazine rings is 1. The predicted molar refractivity (Wildman–Crippen MR) is 131 cm³/mol. The van der Waals surface area contributed by atoms with Crippen LogP contribution in [0.25, 0.3) is 16.9 Å². The van der Waals surface area contributed by atoms with Crippen LogP contribution in [0.5, 0.6) is 0 Å². The molecule has 2 radical (unpaired) electrons. The molecule has 0 bridgehead atoms. The van der Waals surface area contributed by atoms with Crippen molar-refractivity contribution in [3.05, 3.63) is 54.7 Å². The fourth-order valence-electron chi connectivity index (χ4n) is 4.33. The minimum Gasteiger partial charge on any atom is -0.444 e. The van der Waals surface area contributed by atoms with E-state index in [9.17, 15) is 4.79 Å². The summed E-state index contributed by atoms with van der Waals surface area (Å²) >= 11 is 0. The van der Waals surface area contributed by atoms with Crippen LogP contribution in [0.15, 0.2) is 48.9 Å². The standard InChI is InChI=1S/C25H29BFN5O2/c1-16-13-30(14-17(2)32(16)24(33)34-25(3,4)5)19-6-7-22(21(27)12-19)31-15-20(26)23(29-31)18-8-10-28-11-9-18/h6-12,15-17H,13-14H2,1-5H3/t16-,17-/m1/s1. The molecule has 176 valence electrons. The van der Waals surface area contributed by atoms with E-state index in [1.165, 1.54) is 10.7 Å². The Labute approximate surface area is 200 Å². The van der Waals surface area contributed by atoms with Crippen LogP contribution >= 0.6 is 0 Å². The van der Waals surface area contributed by atoms with Gasteiger partial charge in [-0.05, 0) is 65.0 Å². The number of aromatic nitrogens is 3. The minimum absolute atomic E-state index is 0.0878. The maximum atomic E-state index is 15.2. The number of carbonyl (C=O) groups is 1. The van der Waals surface area contributed by atoms with Gasteiger partial charge in [0.1, 0.15) is 19.1 Å². The van der Waals surface area contributed by atoms with Crippen molar-refractivity contribution in [2.75, 3.05) is 18.0 Å². The first-order valence-electron chi connectivity index (χ1n) is 11.3. The second-order valence-electron chi connectivity index (χ2n) is 9.74. The van der Waals surface area contributed by atoms with Crippen LogP contribution in [-0.4, -0.2) is 64.4 Å². The molecule has 1 aliphatic heterocycles. The van der Waals surface area contributed by atoms with Crippen LogP contribution < -0.4 is 10.4 Å². The molecule has 0 N–H and O–H groups in total. The fourth-order valence-corrected chi connectivity index (χ4v) is 4.33. The smallest absolute Gasteiger partial charge is 0.410 e. The van der Waals surface area contributed by atoms with E-state index in [2.05, 4.69) is 15.0 Å². The molecule has 1 aliphatic rings. The number of anilines is 1. The van der Waals surface area contributed by atoms with Crippen molar-refractivity contribution in [1.29, 1.82) is 0 Å². The van der Waals surface area contributed by atoms with Crippen molar-refractivity contribution in [1.82, 2.24) is 19.7 Å². The maximum absolute atomic E-state index is 15.2. The number of pyridine rings is 1. The van der Waals surface area contributed by atoms with E-state index in [0.717, 1.165) is 11.3 Å². The molecular formula is C25H29BFN5O2. The number of benzene rings is 1. The molecule has 2 atom stereocenters. The van der Waals surface area contributed by atoms with E-state index in [1.807, 2.05) is 52.8 Å². The number of nitrogens with zero attached hydrogens (tertiary/aromatic N) is 5. The summed E-state index contributed by atoms with van der Waals surface area (Å²) in [7, 11) is 6.14. The third kappa shape index (κ3) is 4.93. The highest BCUT2D eigenvalue weighted by Crippen LogP contribution is 2.27. The minimum atomic E-state index is -0.556. The summed E-state index contributed by atoms with van der Waals surface area (Å²) in [5, 5.41) is 4.49. The van der Waals surface area contributed by atoms with Gasteiger partial charge in [0, 0.05) is 42.9 Å². The third-order valence-corrected chi connectivity index (χ3v) is 5.76. The van der Waals surface area contributed by atoms with E-state index in [1.54, 1.807) is 29.6 Å². The Morgan fingerprint density at radius 1 is 1.12 bits per heavy atom. The Kier molecular flexibility index (Phi) is 6.38. The van der Waals surface area contributed by atoms with Crippen LogP contribution in [0.3, 0.4) is 0 Å². The molecule has 0 unspecified atom stereocenters. The first kappa shape index (κ1) is 23.8. The zero-order chi connectivity index (χ0) is 24.6. The molecule has 0 spiro atoms. The summed E-state index contributed by atoms with van der Waals surface area (Å²) in [4.78, 5) is 20.5. The summed E-state index contributed by atoms with van der Waals surface area (Å²) < 4.78 is 22.2. The number of carbonyl (C=O) groups excluding carboxylic acids is 1. The summed E-state index contributed by atoms with van der Waals surface area (Å²) in [5.74, 6) is -0.406. The van der Waals surface area contributed by atoms with Crippen molar-refractivity contribution >= 4 is 25.1 Å². The lowest BCUT2D eigenvalue weighted by atomic mass is 9.94. The van der Waals surface area contributed by atoms with Gasteiger partial charge in [0.2, 0.25) is 0 Å². The number of rotatable bonds is 3. The number of halogens is 1. The topological polar surface area (TPSA) is 63.5 Å². The number of hydrogen-bond acceptors (Lipinski definition) is 5. The maximum Gasteiger partial charge on any atom is 0.410 e. The van der Waals surface area contributed by atoms with Gasteiger partial charge < -0.3 is 9.64 Å². The Morgan fingerprint density at radius 3 is 2.35 bits per heavy atom. The molecule has 1 amide bonds. The lowest BCUT2D eigenvalue weighted by Crippen LogP contribution is -2.59. The Balaban J connectivity index is 1.53. The number of ether oxygens (including phenoxy) is 1. The number of hydrogen-bond donors (Lipinski definition) is 0. The zero-order valence-electron chi connectivity index (χ0n) is 20.2. The van der Waals surface area contributed by atoms with Gasteiger partial charge in [0.05, 0.1) is 17.8 Å². The second kappa shape index (κ2) is 9.12. The van der Waals surface area contributed by atoms with Gasteiger partial charge in [-0.15, -0.1) is 0 Å². The first-order valence-corrected chi connectivity index (χ1v) is 11.3. The average Bonchev–Trinajstić information content (AvgIpc) is 3.13. The summed E-state index contributed by atoms with van der Waals surface area (Å²) in [6.45, 7) is 10.7. The second-order valence-corrected chi connectivity index (χ2v) is 9.74. The monoisotopic (exact) mass is 461 g/mol. The molecule has 1 aromatic carbocycles. The van der Waals surface area contributed by atoms with Gasteiger partial charge in [-0.2, -0.15) is 5.10 Å². The van der Waals surface area contributed by atoms with Crippen molar-refractivity contribution < 1.29 is 13.9 Å². The molecule has 7 nitrogen and oxygen atoms in total. The van der Waals surface area contributed by atoms with Crippen LogP contribution in [-0.2, 0) is 4.74 Å². The SMILES string of the molecule is [B]c1cn(-c2ccc(N3C[C@@H](C)N(C(=O)OC(C)(C)C)[C@H](C)C3)cc2F)nc1-c1ccncc1.